The normalized spacial score (nSPS) is 10.7. The second-order valence-electron chi connectivity index (χ2n) is 6.13. The number of nitrogens with zero attached hydrogens (tertiary/aromatic N) is 2. The first-order valence-electron chi connectivity index (χ1n) is 8.39. The molecular weight excluding hydrogens is 384 g/mol. The molecule has 0 radical (unpaired) electrons. The van der Waals surface area contributed by atoms with Gasteiger partial charge in [0, 0.05) is 30.2 Å². The summed E-state index contributed by atoms with van der Waals surface area (Å²) in [6.07, 6.45) is 1.22. The van der Waals surface area contributed by atoms with E-state index in [4.69, 9.17) is 11.6 Å². The number of hydrogen-bond acceptors (Lipinski definition) is 5. The van der Waals surface area contributed by atoms with Crippen molar-refractivity contribution in [1.82, 2.24) is 5.43 Å². The molecule has 0 fully saturated rings. The number of benzene rings is 2. The van der Waals surface area contributed by atoms with Gasteiger partial charge >= 0.3 is 0 Å². The molecule has 0 spiro atoms. The molecule has 0 bridgehead atoms. The molecule has 2 aromatic rings. The van der Waals surface area contributed by atoms with Gasteiger partial charge in [0.15, 0.2) is 0 Å². The maximum absolute atomic E-state index is 12.0. The van der Waals surface area contributed by atoms with Gasteiger partial charge in [-0.1, -0.05) is 35.4 Å². The van der Waals surface area contributed by atoms with E-state index in [1.54, 1.807) is 0 Å². The molecule has 0 heterocycles. The van der Waals surface area contributed by atoms with Crippen molar-refractivity contribution in [1.29, 1.82) is 0 Å². The minimum atomic E-state index is -0.605. The molecule has 28 heavy (non-hydrogen) atoms. The molecular formula is C19H19ClN4O4. The topological polar surface area (TPSA) is 114 Å². The quantitative estimate of drug-likeness (QED) is 0.417. The first-order valence-corrected chi connectivity index (χ1v) is 8.77. The second-order valence-corrected chi connectivity index (χ2v) is 6.53. The van der Waals surface area contributed by atoms with E-state index in [2.05, 4.69) is 15.8 Å². The first-order chi connectivity index (χ1) is 13.3. The maximum Gasteiger partial charge on any atom is 0.288 e. The first kappa shape index (κ1) is 21.0. The van der Waals surface area contributed by atoms with Gasteiger partial charge in [-0.25, -0.2) is 5.43 Å². The average molecular weight is 403 g/mol. The number of halogens is 1. The van der Waals surface area contributed by atoms with Crippen LogP contribution in [0.4, 0.5) is 11.4 Å². The number of rotatable bonds is 7. The molecule has 2 N–H and O–H groups in total. The van der Waals surface area contributed by atoms with Gasteiger partial charge in [-0.05, 0) is 31.5 Å². The summed E-state index contributed by atoms with van der Waals surface area (Å²) in [5, 5.41) is 17.4. The van der Waals surface area contributed by atoms with Gasteiger partial charge < -0.3 is 5.32 Å². The monoisotopic (exact) mass is 402 g/mol. The summed E-state index contributed by atoms with van der Waals surface area (Å²) in [5.74, 6) is -0.727. The van der Waals surface area contributed by atoms with Crippen molar-refractivity contribution in [2.45, 2.75) is 26.7 Å². The van der Waals surface area contributed by atoms with Crippen molar-refractivity contribution >= 4 is 41.0 Å². The zero-order valence-corrected chi connectivity index (χ0v) is 16.1. The third-order valence-electron chi connectivity index (χ3n) is 3.80. The Morgan fingerprint density at radius 1 is 1.14 bits per heavy atom. The Morgan fingerprint density at radius 3 is 2.54 bits per heavy atom. The van der Waals surface area contributed by atoms with Crippen LogP contribution in [0.15, 0.2) is 41.5 Å². The molecule has 0 aliphatic carbocycles. The zero-order valence-electron chi connectivity index (χ0n) is 15.4. The van der Waals surface area contributed by atoms with Crippen molar-refractivity contribution in [2.75, 3.05) is 5.32 Å². The van der Waals surface area contributed by atoms with Crippen LogP contribution in [-0.2, 0) is 9.59 Å². The third kappa shape index (κ3) is 6.17. The lowest BCUT2D eigenvalue weighted by molar-refractivity contribution is -0.384. The van der Waals surface area contributed by atoms with E-state index in [9.17, 15) is 19.7 Å². The van der Waals surface area contributed by atoms with Gasteiger partial charge in [0.25, 0.3) is 5.69 Å². The highest BCUT2D eigenvalue weighted by Crippen LogP contribution is 2.24. The highest BCUT2D eigenvalue weighted by atomic mass is 35.5. The number of nitro benzene ring substituents is 1. The van der Waals surface area contributed by atoms with Crippen molar-refractivity contribution in [2.24, 2.45) is 5.10 Å². The summed E-state index contributed by atoms with van der Waals surface area (Å²) in [6.45, 7) is 3.86. The highest BCUT2D eigenvalue weighted by Gasteiger charge is 2.12. The van der Waals surface area contributed by atoms with Crippen molar-refractivity contribution in [3.63, 3.8) is 0 Å². The number of carbonyl (C=O) groups excluding carboxylic acids is 2. The highest BCUT2D eigenvalue weighted by molar-refractivity contribution is 6.32. The number of hydrogen-bond donors (Lipinski definition) is 2. The van der Waals surface area contributed by atoms with Crippen LogP contribution in [0.3, 0.4) is 0 Å². The number of nitrogens with one attached hydrogen (secondary N) is 2. The Balaban J connectivity index is 1.82. The molecule has 8 nitrogen and oxygen atoms in total. The molecule has 2 aromatic carbocycles. The molecule has 0 saturated heterocycles. The lowest BCUT2D eigenvalue weighted by Gasteiger charge is -2.08. The van der Waals surface area contributed by atoms with E-state index in [0.717, 1.165) is 11.1 Å². The lowest BCUT2D eigenvalue weighted by Crippen LogP contribution is -2.20. The van der Waals surface area contributed by atoms with Crippen LogP contribution in [-0.4, -0.2) is 23.0 Å². The van der Waals surface area contributed by atoms with Crippen LogP contribution in [0.2, 0.25) is 5.02 Å². The lowest BCUT2D eigenvalue weighted by atomic mass is 10.1. The molecule has 0 atom stereocenters. The molecule has 0 aromatic heterocycles. The van der Waals surface area contributed by atoms with E-state index in [1.807, 2.05) is 32.0 Å². The number of amides is 2. The minimum absolute atomic E-state index is 0.00108. The summed E-state index contributed by atoms with van der Waals surface area (Å²) in [7, 11) is 0. The smallest absolute Gasteiger partial charge is 0.288 e. The number of anilines is 1. The van der Waals surface area contributed by atoms with E-state index in [1.165, 1.54) is 24.4 Å². The van der Waals surface area contributed by atoms with Crippen molar-refractivity contribution in [3.8, 4) is 0 Å². The van der Waals surface area contributed by atoms with Gasteiger partial charge in [0.05, 0.1) is 11.1 Å². The summed E-state index contributed by atoms with van der Waals surface area (Å²) in [6, 6.07) is 9.82. The van der Waals surface area contributed by atoms with Crippen LogP contribution in [0.25, 0.3) is 0 Å². The summed E-state index contributed by atoms with van der Waals surface area (Å²) in [4.78, 5) is 34.0. The summed E-state index contributed by atoms with van der Waals surface area (Å²) in [5.41, 5.74) is 5.18. The van der Waals surface area contributed by atoms with Crippen LogP contribution in [0.5, 0.6) is 0 Å². The van der Waals surface area contributed by atoms with E-state index < -0.39 is 10.8 Å². The maximum atomic E-state index is 12.0. The van der Waals surface area contributed by atoms with Crippen LogP contribution < -0.4 is 10.7 Å². The van der Waals surface area contributed by atoms with E-state index in [0.29, 0.717) is 11.3 Å². The zero-order chi connectivity index (χ0) is 20.7. The van der Waals surface area contributed by atoms with Gasteiger partial charge in [0.2, 0.25) is 11.8 Å². The largest absolute Gasteiger partial charge is 0.326 e. The Hall–Kier alpha value is -3.26. The van der Waals surface area contributed by atoms with E-state index in [-0.39, 0.29) is 29.5 Å². The fourth-order valence-corrected chi connectivity index (χ4v) is 2.56. The SMILES string of the molecule is Cc1ccc(NC(=O)CCC(=O)NN=Cc2ccc(Cl)c([N+](=O)[O-])c2)c(C)c1. The molecule has 2 amide bonds. The average Bonchev–Trinajstić information content (AvgIpc) is 2.63. The van der Waals surface area contributed by atoms with Gasteiger partial charge in [-0.2, -0.15) is 5.10 Å². The Morgan fingerprint density at radius 2 is 1.86 bits per heavy atom. The fraction of sp³-hybridized carbons (Fsp3) is 0.211. The molecule has 0 saturated carbocycles. The van der Waals surface area contributed by atoms with E-state index >= 15 is 0 Å². The standard InChI is InChI=1S/C19H19ClN4O4/c1-12-3-6-16(13(2)9-12)22-18(25)7-8-19(26)23-21-11-14-4-5-15(20)17(10-14)24(27)28/h3-6,9-11H,7-8H2,1-2H3,(H,22,25)(H,23,26). The van der Waals surface area contributed by atoms with Gasteiger partial charge in [-0.15, -0.1) is 0 Å². The number of nitro groups is 1. The second kappa shape index (κ2) is 9.61. The molecule has 2 rings (SSSR count). The van der Waals surface area contributed by atoms with Gasteiger partial charge in [0.1, 0.15) is 5.02 Å². The van der Waals surface area contributed by atoms with Crippen molar-refractivity contribution in [3.05, 3.63) is 68.2 Å². The molecule has 0 aliphatic rings. The number of hydrazone groups is 1. The molecule has 0 aliphatic heterocycles. The Kier molecular flexibility index (Phi) is 7.22. The number of aryl methyl sites for hydroxylation is 2. The fourth-order valence-electron chi connectivity index (χ4n) is 2.38. The Labute approximate surface area is 166 Å². The number of carbonyl (C=O) groups is 2. The van der Waals surface area contributed by atoms with Crippen molar-refractivity contribution < 1.29 is 14.5 Å². The molecule has 9 heteroatoms. The van der Waals surface area contributed by atoms with Gasteiger partial charge in [-0.3, -0.25) is 19.7 Å². The minimum Gasteiger partial charge on any atom is -0.326 e. The Bertz CT molecular complexity index is 944. The predicted octanol–water partition coefficient (Wildman–Crippen LogP) is 3.73. The summed E-state index contributed by atoms with van der Waals surface area (Å²) >= 11 is 5.73. The third-order valence-corrected chi connectivity index (χ3v) is 4.12. The van der Waals surface area contributed by atoms with Crippen LogP contribution >= 0.6 is 11.6 Å². The molecule has 0 unspecified atom stereocenters. The van der Waals surface area contributed by atoms with Crippen LogP contribution in [0, 0.1) is 24.0 Å². The van der Waals surface area contributed by atoms with Crippen LogP contribution in [0.1, 0.15) is 29.5 Å². The molecule has 146 valence electrons. The predicted molar refractivity (Wildman–Crippen MR) is 108 cm³/mol. The summed E-state index contributed by atoms with van der Waals surface area (Å²) < 4.78 is 0.